The highest BCUT2D eigenvalue weighted by molar-refractivity contribution is 8.11. The van der Waals surface area contributed by atoms with Crippen molar-refractivity contribution in [1.82, 2.24) is 14.7 Å². The van der Waals surface area contributed by atoms with Gasteiger partial charge in [0.15, 0.2) is 0 Å². The fourth-order valence-electron chi connectivity index (χ4n) is 5.05. The average Bonchev–Trinajstić information content (AvgIpc) is 3.09. The molecule has 1 aromatic carbocycles. The van der Waals surface area contributed by atoms with Crippen molar-refractivity contribution in [3.8, 4) is 0 Å². The molecule has 0 unspecified atom stereocenters. The maximum atomic E-state index is 12.4. The highest BCUT2D eigenvalue weighted by Crippen LogP contribution is 2.39. The number of para-hydroxylation sites is 1. The third-order valence-corrected chi connectivity index (χ3v) is 14.5. The highest BCUT2D eigenvalue weighted by Gasteiger charge is 2.62. The summed E-state index contributed by atoms with van der Waals surface area (Å²) in [6, 6.07) is 3.85. The van der Waals surface area contributed by atoms with Gasteiger partial charge in [-0.2, -0.15) is 86.4 Å². The lowest BCUT2D eigenvalue weighted by molar-refractivity contribution is -0.145. The fourth-order valence-corrected chi connectivity index (χ4v) is 8.75. The Morgan fingerprint density at radius 2 is 0.792 bits per heavy atom. The van der Waals surface area contributed by atoms with Gasteiger partial charge in [-0.25, -0.2) is 14.4 Å². The Morgan fingerprint density at radius 3 is 1.09 bits per heavy atom. The van der Waals surface area contributed by atoms with Crippen LogP contribution in [0.25, 0.3) is 0 Å². The summed E-state index contributed by atoms with van der Waals surface area (Å²) in [6.45, 7) is 18.4. The molecular formula is C39H52F12N4O18S4. The second-order valence-electron chi connectivity index (χ2n) is 19.0. The van der Waals surface area contributed by atoms with E-state index in [1.54, 1.807) is 53.4 Å². The summed E-state index contributed by atoms with van der Waals surface area (Å²) in [4.78, 5) is 60.5. The number of Topliss-reactive ketones (excluding diaryl/α,β-unsaturated/α-hetero) is 1. The second-order valence-corrected chi connectivity index (χ2v) is 25.9. The summed E-state index contributed by atoms with van der Waals surface area (Å²) >= 11 is 0. The maximum absolute atomic E-state index is 12.4. The Bertz CT molecular complexity index is 2740. The summed E-state index contributed by atoms with van der Waals surface area (Å²) in [5.41, 5.74) is -26.6. The zero-order valence-corrected chi connectivity index (χ0v) is 45.4. The van der Waals surface area contributed by atoms with Gasteiger partial charge in [-0.1, -0.05) is 18.2 Å². The van der Waals surface area contributed by atoms with Crippen LogP contribution >= 0.6 is 0 Å². The minimum Gasteiger partial charge on any atom is -0.444 e. The number of carbonyl (C=O) groups excluding carboxylic acids is 5. The first-order valence-electron chi connectivity index (χ1n) is 21.1. The van der Waals surface area contributed by atoms with Crippen LogP contribution in [-0.2, 0) is 72.4 Å². The van der Waals surface area contributed by atoms with Gasteiger partial charge in [0.05, 0.1) is 30.6 Å². The molecule has 0 spiro atoms. The van der Waals surface area contributed by atoms with Crippen molar-refractivity contribution >= 4 is 76.0 Å². The van der Waals surface area contributed by atoms with E-state index in [2.05, 4.69) is 8.37 Å². The molecule has 3 amide bonds. The Labute approximate surface area is 433 Å². The minimum atomic E-state index is -6.81. The summed E-state index contributed by atoms with van der Waals surface area (Å²) in [5.74, 6) is -2.90. The standard InChI is InChI=1S/C11H16F3NO5S.C10H14F3NO6S.C10H17NO3.C8H5F6NO4S2/c1-7(20-21(17,18)11(12,13)14)8-5-15(6-8)9(16)19-10(2,3)4;1-9(2,3)19-8(16)14-4-6(5-14)7(15)20-21(17,18)10(11,12)13;1-7(12)8-5-11(6-8)9(13)14-10(2,3)4;9-7(10,11)20(16,17)15(6-4-2-1-3-5-6)21(18,19)8(12,13)14/h5-6H2,1-4H3;6H,4-5H2,1-3H3;8H,5-6H2,1-4H3;1-5H. The van der Waals surface area contributed by atoms with E-state index in [1.807, 2.05) is 20.8 Å². The van der Waals surface area contributed by atoms with Gasteiger partial charge >= 0.3 is 86.6 Å². The van der Waals surface area contributed by atoms with Crippen molar-refractivity contribution in [3.05, 3.63) is 41.7 Å². The minimum absolute atomic E-state index is 0.0162. The normalized spacial score (nSPS) is 16.1. The summed E-state index contributed by atoms with van der Waals surface area (Å²) < 4.78 is 256. The van der Waals surface area contributed by atoms with Crippen molar-refractivity contribution in [2.75, 3.05) is 43.0 Å². The molecule has 0 N–H and O–H groups in total. The van der Waals surface area contributed by atoms with E-state index in [9.17, 15) is 110 Å². The number of benzene rings is 1. The zero-order chi connectivity index (χ0) is 60.9. The first-order valence-corrected chi connectivity index (χ1v) is 26.8. The molecule has 4 rings (SSSR count). The van der Waals surface area contributed by atoms with Gasteiger partial charge in [0.2, 0.25) is 0 Å². The van der Waals surface area contributed by atoms with Crippen LogP contribution in [0, 0.1) is 11.8 Å². The maximum Gasteiger partial charge on any atom is 0.534 e. The smallest absolute Gasteiger partial charge is 0.444 e. The molecule has 0 aliphatic carbocycles. The number of ketones is 1. The molecule has 0 radical (unpaired) electrons. The number of alkyl halides is 12. The largest absolute Gasteiger partial charge is 0.534 e. The lowest BCUT2D eigenvalue weighted by Crippen LogP contribution is -2.55. The molecule has 3 saturated heterocycles. The van der Waals surface area contributed by atoms with Crippen LogP contribution in [0.2, 0.25) is 0 Å². The number of hydrogen-bond donors (Lipinski definition) is 0. The van der Waals surface area contributed by atoms with Crippen LogP contribution in [0.3, 0.4) is 0 Å². The number of hydrogen-bond acceptors (Lipinski definition) is 18. The first kappa shape index (κ1) is 69.5. The Balaban J connectivity index is 0.000000519. The summed E-state index contributed by atoms with van der Waals surface area (Å²) in [5, 5.41) is 0. The molecule has 3 heterocycles. The van der Waals surface area contributed by atoms with Gasteiger partial charge < -0.3 is 32.4 Å². The Hall–Kier alpha value is -5.53. The van der Waals surface area contributed by atoms with Gasteiger partial charge in [-0.15, -0.1) is 3.71 Å². The lowest BCUT2D eigenvalue weighted by Gasteiger charge is -2.38. The van der Waals surface area contributed by atoms with E-state index in [0.29, 0.717) is 25.2 Å². The van der Waals surface area contributed by atoms with Crippen molar-refractivity contribution < 1.29 is 133 Å². The number of sulfonamides is 2. The monoisotopic (exact) mass is 1220 g/mol. The summed E-state index contributed by atoms with van der Waals surface area (Å²) in [7, 11) is -25.3. The van der Waals surface area contributed by atoms with Gasteiger partial charge in [-0.05, 0) is 88.3 Å². The molecule has 77 heavy (non-hydrogen) atoms. The molecule has 0 atom stereocenters. The van der Waals surface area contributed by atoms with E-state index in [4.69, 9.17) is 14.2 Å². The molecule has 0 aromatic heterocycles. The number of anilines is 1. The molecule has 38 heteroatoms. The Morgan fingerprint density at radius 1 is 0.481 bits per heavy atom. The van der Waals surface area contributed by atoms with Crippen LogP contribution in [0.5, 0.6) is 0 Å². The molecule has 444 valence electrons. The van der Waals surface area contributed by atoms with Crippen LogP contribution < -0.4 is 3.71 Å². The van der Waals surface area contributed by atoms with Crippen LogP contribution in [-0.4, -0.2) is 157 Å². The van der Waals surface area contributed by atoms with Crippen LogP contribution in [0.1, 0.15) is 76.2 Å². The third-order valence-electron chi connectivity index (χ3n) is 8.87. The number of likely N-dealkylation sites (tertiary alicyclic amines) is 3. The quantitative estimate of drug-likeness (QED) is 0.0814. The summed E-state index contributed by atoms with van der Waals surface area (Å²) in [6.07, 6.45) is -1.70. The van der Waals surface area contributed by atoms with E-state index >= 15 is 0 Å². The van der Waals surface area contributed by atoms with E-state index in [-0.39, 0.29) is 55.3 Å². The number of nitrogens with zero attached hydrogens (tertiary/aromatic N) is 4. The third kappa shape index (κ3) is 20.3. The number of halogens is 12. The number of carbonyl (C=O) groups is 5. The number of rotatable bonds is 8. The number of amides is 3. The van der Waals surface area contributed by atoms with Gasteiger partial charge in [0.25, 0.3) is 0 Å². The van der Waals surface area contributed by atoms with E-state index in [0.717, 1.165) is 30.0 Å². The predicted molar refractivity (Wildman–Crippen MR) is 240 cm³/mol. The van der Waals surface area contributed by atoms with Crippen molar-refractivity contribution in [3.63, 3.8) is 0 Å². The van der Waals surface area contributed by atoms with Crippen molar-refractivity contribution in [1.29, 1.82) is 0 Å². The van der Waals surface area contributed by atoms with Crippen LogP contribution in [0.4, 0.5) is 72.8 Å². The molecule has 0 saturated carbocycles. The molecule has 3 aliphatic rings. The molecule has 3 fully saturated rings. The van der Waals surface area contributed by atoms with E-state index < -0.39 is 113 Å². The second kappa shape index (κ2) is 24.2. The highest BCUT2D eigenvalue weighted by atomic mass is 32.3. The van der Waals surface area contributed by atoms with Gasteiger partial charge in [-0.3, -0.25) is 14.5 Å². The lowest BCUT2D eigenvalue weighted by atomic mass is 9.97. The molecular weight excluding hydrogens is 1170 g/mol. The van der Waals surface area contributed by atoms with E-state index in [1.165, 1.54) is 4.90 Å². The average molecular weight is 1220 g/mol. The van der Waals surface area contributed by atoms with Crippen LogP contribution in [0.15, 0.2) is 41.7 Å². The number of allylic oxidation sites excluding steroid dienone is 1. The molecule has 1 aromatic rings. The number of ether oxygens (including phenoxy) is 3. The fraction of sp³-hybridized carbons (Fsp3) is 0.667. The van der Waals surface area contributed by atoms with Crippen molar-refractivity contribution in [2.24, 2.45) is 11.8 Å². The molecule has 22 nitrogen and oxygen atoms in total. The zero-order valence-electron chi connectivity index (χ0n) is 42.1. The predicted octanol–water partition coefficient (Wildman–Crippen LogP) is 7.26. The topological polar surface area (TPSA) is 281 Å². The van der Waals surface area contributed by atoms with Crippen molar-refractivity contribution in [2.45, 2.75) is 115 Å². The van der Waals surface area contributed by atoms with Gasteiger partial charge in [0.1, 0.15) is 28.3 Å². The van der Waals surface area contributed by atoms with Gasteiger partial charge in [0, 0.05) is 31.8 Å². The molecule has 0 bridgehead atoms. The molecule has 3 aliphatic heterocycles. The first-order chi connectivity index (χ1) is 34.0. The Kier molecular flexibility index (Phi) is 21.9. The SMILES string of the molecule is CC(=O)C1CN(C(=O)OC(C)(C)C)C1.CC(C)(C)OC(=O)N1CC(C(=O)OS(=O)(=O)C(F)(F)F)C1.CC(OS(=O)(=O)C(F)(F)F)=C1CN(C(=O)OC(C)(C)C)C1.O=S(=O)(N(c1ccccc1)S(=O)(=O)C(F)(F)F)C(F)(F)F.